The Morgan fingerprint density at radius 1 is 0.391 bits per heavy atom. The molecule has 7 aromatic carbocycles. The van der Waals surface area contributed by atoms with Gasteiger partial charge in [-0.3, -0.25) is 38.8 Å². The van der Waals surface area contributed by atoms with Gasteiger partial charge < -0.3 is 37.9 Å². The average Bonchev–Trinajstić information content (AvgIpc) is 3.55. The fourth-order valence-corrected chi connectivity index (χ4v) is 10.8. The quantitative estimate of drug-likeness (QED) is 0.0213. The second kappa shape index (κ2) is 39.8. The summed E-state index contributed by atoms with van der Waals surface area (Å²) < 4.78 is 49.6. The van der Waals surface area contributed by atoms with Crippen LogP contribution in [0.5, 0.6) is 5.75 Å². The van der Waals surface area contributed by atoms with E-state index in [0.717, 1.165) is 57.5 Å². The lowest BCUT2D eigenvalue weighted by Gasteiger charge is -2.40. The second-order valence-electron chi connectivity index (χ2n) is 22.8. The third kappa shape index (κ3) is 24.1. The Balaban J connectivity index is 1.17. The van der Waals surface area contributed by atoms with E-state index in [1.807, 2.05) is 227 Å². The minimum atomic E-state index is -0.963. The highest BCUT2D eigenvalue weighted by atomic mass is 16.6. The van der Waals surface area contributed by atoms with Gasteiger partial charge in [-0.25, -0.2) is 0 Å². The lowest BCUT2D eigenvalue weighted by Crippen LogP contribution is -2.58. The molecule has 92 heavy (non-hydrogen) atoms. The van der Waals surface area contributed by atoms with E-state index in [4.69, 9.17) is 37.9 Å². The van der Waals surface area contributed by atoms with Gasteiger partial charge in [0.1, 0.15) is 49.7 Å². The van der Waals surface area contributed by atoms with Gasteiger partial charge in [0.2, 0.25) is 0 Å². The molecule has 1 saturated heterocycles. The van der Waals surface area contributed by atoms with Crippen molar-refractivity contribution in [1.29, 1.82) is 0 Å². The number of benzene rings is 7. The zero-order valence-corrected chi connectivity index (χ0v) is 53.3. The highest BCUT2D eigenvalue weighted by molar-refractivity contribution is 5.78. The summed E-state index contributed by atoms with van der Waals surface area (Å²) in [7, 11) is 1.40. The largest absolute Gasteiger partial charge is 0.494 e. The van der Waals surface area contributed by atoms with Gasteiger partial charge in [0.15, 0.2) is 0 Å². The van der Waals surface area contributed by atoms with Gasteiger partial charge in [-0.1, -0.05) is 220 Å². The average molecular weight is 1250 g/mol. The molecule has 4 atom stereocenters. The molecule has 16 heteroatoms. The van der Waals surface area contributed by atoms with Gasteiger partial charge >= 0.3 is 23.9 Å². The highest BCUT2D eigenvalue weighted by Crippen LogP contribution is 2.21. The number of esters is 4. The van der Waals surface area contributed by atoms with Crippen molar-refractivity contribution in [1.82, 2.24) is 19.6 Å². The number of nitrogens with zero attached hydrogens (tertiary/aromatic N) is 4. The van der Waals surface area contributed by atoms with Gasteiger partial charge in [-0.2, -0.15) is 0 Å². The standard InChI is InChI=1S/C76H90N4O12/c1-3-4-51-89-68-41-39-61(40-42-68)25-23-24-38-69(73(81)85-2)77-43-45-78(70(58-86-52-62-26-11-5-12-27-62)74(82)90-55-65-32-17-8-18-33-65)47-49-80(72(60-88-54-64-30-15-7-16-31-64)76(84)92-57-67-36-21-10-22-37-67)50-48-79(46-44-77)71(59-87-53-63-28-13-6-14-29-63)75(83)91-56-66-34-19-9-20-35-66/h5-23,25-37,39-42,69-72H,3-4,24,38,43-60H2,1-2H3/b25-23+/t69-,70-,71-,72-/m0/s1. The maximum atomic E-state index is 15.0. The van der Waals surface area contributed by atoms with Crippen LogP contribution in [0.2, 0.25) is 0 Å². The van der Waals surface area contributed by atoms with E-state index in [2.05, 4.69) is 17.9 Å². The van der Waals surface area contributed by atoms with E-state index in [-0.39, 0.29) is 112 Å². The molecule has 8 rings (SSSR count). The summed E-state index contributed by atoms with van der Waals surface area (Å²) in [6.45, 7) is 5.29. The molecular weight excluding hydrogens is 1160 g/mol. The Morgan fingerprint density at radius 3 is 1.00 bits per heavy atom. The van der Waals surface area contributed by atoms with Crippen LogP contribution in [0.1, 0.15) is 71.6 Å². The van der Waals surface area contributed by atoms with Crippen molar-refractivity contribution in [2.45, 2.75) is 96.4 Å². The first-order valence-electron chi connectivity index (χ1n) is 32.1. The van der Waals surface area contributed by atoms with E-state index >= 15 is 4.79 Å². The predicted molar refractivity (Wildman–Crippen MR) is 356 cm³/mol. The number of carbonyl (C=O) groups is 4. The molecular formula is C76H90N4O12. The van der Waals surface area contributed by atoms with Crippen molar-refractivity contribution in [3.05, 3.63) is 251 Å². The second-order valence-corrected chi connectivity index (χ2v) is 22.8. The number of rotatable bonds is 34. The first-order valence-corrected chi connectivity index (χ1v) is 32.1. The van der Waals surface area contributed by atoms with Crippen molar-refractivity contribution >= 4 is 30.0 Å². The lowest BCUT2D eigenvalue weighted by molar-refractivity contribution is -0.158. The number of hydrogen-bond donors (Lipinski definition) is 0. The molecule has 0 bridgehead atoms. The van der Waals surface area contributed by atoms with Crippen LogP contribution in [0.25, 0.3) is 6.08 Å². The maximum absolute atomic E-state index is 15.0. The van der Waals surface area contributed by atoms with Gasteiger partial charge in [0.25, 0.3) is 0 Å². The molecule has 0 aromatic heterocycles. The number of carbonyl (C=O) groups excluding carboxylic acids is 4. The van der Waals surface area contributed by atoms with Crippen LogP contribution >= 0.6 is 0 Å². The minimum Gasteiger partial charge on any atom is -0.494 e. The van der Waals surface area contributed by atoms with Crippen LogP contribution in [0.15, 0.2) is 212 Å². The summed E-state index contributed by atoms with van der Waals surface area (Å²) >= 11 is 0. The molecule has 16 nitrogen and oxygen atoms in total. The molecule has 1 aliphatic heterocycles. The monoisotopic (exact) mass is 1250 g/mol. The molecule has 7 aromatic rings. The zero-order valence-electron chi connectivity index (χ0n) is 53.3. The molecule has 0 saturated carbocycles. The van der Waals surface area contributed by atoms with Crippen LogP contribution in [-0.2, 0) is 92.0 Å². The van der Waals surface area contributed by atoms with E-state index in [1.54, 1.807) is 0 Å². The third-order valence-electron chi connectivity index (χ3n) is 16.1. The summed E-state index contributed by atoms with van der Waals surface area (Å²) in [4.78, 5) is 67.6. The van der Waals surface area contributed by atoms with Crippen molar-refractivity contribution < 1.29 is 57.1 Å². The molecule has 1 heterocycles. The van der Waals surface area contributed by atoms with Crippen molar-refractivity contribution in [2.75, 3.05) is 85.9 Å². The summed E-state index contributed by atoms with van der Waals surface area (Å²) in [5.41, 5.74) is 6.25. The Hall–Kier alpha value is -8.32. The van der Waals surface area contributed by atoms with Gasteiger partial charge in [-0.05, 0) is 70.3 Å². The van der Waals surface area contributed by atoms with Crippen molar-refractivity contribution in [3.63, 3.8) is 0 Å². The van der Waals surface area contributed by atoms with Crippen LogP contribution in [0.3, 0.4) is 0 Å². The number of methoxy groups -OCH3 is 1. The molecule has 1 aliphatic rings. The smallest absolute Gasteiger partial charge is 0.326 e. The molecule has 0 unspecified atom stereocenters. The lowest BCUT2D eigenvalue weighted by atomic mass is 10.1. The van der Waals surface area contributed by atoms with Crippen LogP contribution in [-0.4, -0.2) is 154 Å². The maximum Gasteiger partial charge on any atom is 0.326 e. The molecule has 1 fully saturated rings. The van der Waals surface area contributed by atoms with E-state index in [0.29, 0.717) is 19.4 Å². The number of ether oxygens (including phenoxy) is 8. The molecule has 0 spiro atoms. The summed E-state index contributed by atoms with van der Waals surface area (Å²) in [5.74, 6) is -1.11. The minimum absolute atomic E-state index is 0.0256. The Morgan fingerprint density at radius 2 is 0.696 bits per heavy atom. The number of allylic oxidation sites excluding steroid dienone is 1. The summed E-state index contributed by atoms with van der Waals surface area (Å²) in [5, 5.41) is 0. The third-order valence-corrected chi connectivity index (χ3v) is 16.1. The van der Waals surface area contributed by atoms with Crippen molar-refractivity contribution in [3.8, 4) is 5.75 Å². The fourth-order valence-electron chi connectivity index (χ4n) is 10.8. The highest BCUT2D eigenvalue weighted by Gasteiger charge is 2.37. The molecule has 0 aliphatic carbocycles. The molecule has 0 N–H and O–H groups in total. The first-order chi connectivity index (χ1) is 45.2. The molecule has 0 radical (unpaired) electrons. The SMILES string of the molecule is CCCCOc1ccc(/C=C/CC[C@@H](C(=O)OC)N2CCN([C@@H](COCc3ccccc3)C(=O)OCc3ccccc3)CCN([C@@H](COCc3ccccc3)C(=O)OCc3ccccc3)CCN([C@@H](COCc3ccccc3)C(=O)OCc3ccccc3)CC2)cc1. The number of unbranched alkanes of at least 4 members (excludes halogenated alkanes) is 1. The van der Waals surface area contributed by atoms with E-state index < -0.39 is 48.0 Å². The Bertz CT molecular complexity index is 3100. The number of hydrogen-bond acceptors (Lipinski definition) is 16. The van der Waals surface area contributed by atoms with E-state index in [9.17, 15) is 14.4 Å². The van der Waals surface area contributed by atoms with Crippen LogP contribution in [0, 0.1) is 0 Å². The van der Waals surface area contributed by atoms with Crippen LogP contribution < -0.4 is 4.74 Å². The molecule has 486 valence electrons. The summed E-state index contributed by atoms with van der Waals surface area (Å²) in [6.07, 6.45) is 7.02. The van der Waals surface area contributed by atoms with Gasteiger partial charge in [0, 0.05) is 52.4 Å². The van der Waals surface area contributed by atoms with Gasteiger partial charge in [0.05, 0.1) is 53.4 Å². The Labute approximate surface area is 543 Å². The van der Waals surface area contributed by atoms with Crippen LogP contribution in [0.4, 0.5) is 0 Å². The topological polar surface area (TPSA) is 155 Å². The predicted octanol–water partition coefficient (Wildman–Crippen LogP) is 11.4. The fraction of sp³-hybridized carbons (Fsp3) is 0.368. The zero-order chi connectivity index (χ0) is 64.2. The van der Waals surface area contributed by atoms with Gasteiger partial charge in [-0.15, -0.1) is 0 Å². The van der Waals surface area contributed by atoms with Crippen molar-refractivity contribution in [2.24, 2.45) is 0 Å². The molecule has 0 amide bonds. The summed E-state index contributed by atoms with van der Waals surface area (Å²) in [6, 6.07) is 62.2. The normalized spacial score (nSPS) is 15.2. The van der Waals surface area contributed by atoms with E-state index in [1.165, 1.54) is 7.11 Å². The Kier molecular flexibility index (Phi) is 30.1. The first kappa shape index (κ1) is 69.6.